The van der Waals surface area contributed by atoms with Gasteiger partial charge < -0.3 is 19.8 Å². The molecule has 34 heavy (non-hydrogen) atoms. The molecule has 7 rings (SSSR count). The number of imidazole rings is 1. The molecular formula is C26H25FN6O. The zero-order chi connectivity index (χ0) is 23.1. The predicted octanol–water partition coefficient (Wildman–Crippen LogP) is 3.97. The van der Waals surface area contributed by atoms with Crippen molar-refractivity contribution in [2.45, 2.75) is 44.3 Å². The summed E-state index contributed by atoms with van der Waals surface area (Å²) in [6, 6.07) is 8.87. The van der Waals surface area contributed by atoms with E-state index >= 15 is 4.39 Å². The van der Waals surface area contributed by atoms with Crippen molar-refractivity contribution in [1.82, 2.24) is 24.0 Å². The summed E-state index contributed by atoms with van der Waals surface area (Å²) in [5, 5.41) is 1.06. The van der Waals surface area contributed by atoms with E-state index in [1.165, 1.54) is 18.9 Å². The van der Waals surface area contributed by atoms with Gasteiger partial charge >= 0.3 is 0 Å². The van der Waals surface area contributed by atoms with Gasteiger partial charge in [0.15, 0.2) is 5.82 Å². The molecule has 2 atom stereocenters. The molecule has 0 radical (unpaired) electrons. The van der Waals surface area contributed by atoms with Crippen LogP contribution in [0.15, 0.2) is 48.3 Å². The van der Waals surface area contributed by atoms with Gasteiger partial charge in [0, 0.05) is 43.5 Å². The number of pyridine rings is 1. The first-order valence-electron chi connectivity index (χ1n) is 11.9. The van der Waals surface area contributed by atoms with Crippen LogP contribution in [0.3, 0.4) is 0 Å². The summed E-state index contributed by atoms with van der Waals surface area (Å²) in [6.45, 7) is 0.891. The number of nitrogens with two attached hydrogens (primary N) is 1. The highest BCUT2D eigenvalue weighted by Crippen LogP contribution is 2.38. The number of aryl methyl sites for hydroxylation is 1. The van der Waals surface area contributed by atoms with E-state index in [0.29, 0.717) is 17.0 Å². The van der Waals surface area contributed by atoms with Crippen LogP contribution in [0.5, 0.6) is 0 Å². The smallest absolute Gasteiger partial charge is 0.261 e. The number of carbonyl (C=O) groups excluding carboxylic acids is 1. The Bertz CT molecular complexity index is 1530. The molecule has 172 valence electrons. The molecule has 7 nitrogen and oxygen atoms in total. The molecule has 8 heteroatoms. The number of nitrogens with zero attached hydrogens (tertiary/aromatic N) is 5. The summed E-state index contributed by atoms with van der Waals surface area (Å²) in [5.74, 6) is 0.502. The number of benzene rings is 1. The first kappa shape index (κ1) is 19.9. The first-order chi connectivity index (χ1) is 16.5. The molecule has 0 unspecified atom stereocenters. The predicted molar refractivity (Wildman–Crippen MR) is 127 cm³/mol. The second kappa shape index (κ2) is 6.99. The minimum Gasteiger partial charge on any atom is -0.326 e. The van der Waals surface area contributed by atoms with E-state index in [9.17, 15) is 4.79 Å². The Kier molecular flexibility index (Phi) is 4.09. The van der Waals surface area contributed by atoms with Crippen molar-refractivity contribution in [2.24, 2.45) is 18.7 Å². The zero-order valence-corrected chi connectivity index (χ0v) is 18.9. The Labute approximate surface area is 195 Å². The molecule has 0 saturated heterocycles. The highest BCUT2D eigenvalue weighted by atomic mass is 19.1. The van der Waals surface area contributed by atoms with Crippen LogP contribution in [-0.2, 0) is 13.6 Å². The first-order valence-corrected chi connectivity index (χ1v) is 11.9. The lowest BCUT2D eigenvalue weighted by molar-refractivity contribution is 0.0770. The third-order valence-corrected chi connectivity index (χ3v) is 7.69. The third-order valence-electron chi connectivity index (χ3n) is 7.69. The van der Waals surface area contributed by atoms with E-state index in [4.69, 9.17) is 10.7 Å². The summed E-state index contributed by atoms with van der Waals surface area (Å²) in [4.78, 5) is 24.3. The van der Waals surface area contributed by atoms with E-state index in [-0.39, 0.29) is 23.6 Å². The number of hydrogen-bond donors (Lipinski definition) is 1. The van der Waals surface area contributed by atoms with Gasteiger partial charge in [-0.15, -0.1) is 0 Å². The Morgan fingerprint density at radius 2 is 2.09 bits per heavy atom. The molecule has 1 aliphatic heterocycles. The third kappa shape index (κ3) is 2.81. The van der Waals surface area contributed by atoms with Gasteiger partial charge in [0.1, 0.15) is 11.5 Å². The van der Waals surface area contributed by atoms with Gasteiger partial charge in [0.2, 0.25) is 0 Å². The summed E-state index contributed by atoms with van der Waals surface area (Å²) in [7, 11) is 1.89. The summed E-state index contributed by atoms with van der Waals surface area (Å²) in [6.07, 6.45) is 7.80. The Balaban J connectivity index is 1.34. The zero-order valence-electron chi connectivity index (χ0n) is 18.9. The van der Waals surface area contributed by atoms with Gasteiger partial charge in [-0.3, -0.25) is 4.79 Å². The van der Waals surface area contributed by atoms with Crippen molar-refractivity contribution >= 4 is 28.0 Å². The van der Waals surface area contributed by atoms with E-state index in [1.807, 2.05) is 23.9 Å². The fraction of sp³-hybridized carbons (Fsp3) is 0.346. The summed E-state index contributed by atoms with van der Waals surface area (Å²) in [5.41, 5.74) is 10.5. The van der Waals surface area contributed by atoms with Crippen LogP contribution in [0.2, 0.25) is 0 Å². The molecule has 2 N–H and O–H groups in total. The molecule has 2 aliphatic carbocycles. The number of amides is 1. The number of halogens is 1. The second-order valence-electron chi connectivity index (χ2n) is 9.86. The van der Waals surface area contributed by atoms with Gasteiger partial charge in [-0.05, 0) is 61.4 Å². The standard InChI is InChI=1S/C26H25FN6O/c1-31-21-11-18(27)17(26(34)33-13-16-6-7-20(33)23(16)28)10-19(21)30-25(31)22-9-15-3-2-8-29-24(15)32(22)12-14-4-5-14/h2-3,8-11,13-14,20,23H,4-7,12,28H2,1H3/t20-,23-/m1/s1. The molecule has 1 amide bonds. The largest absolute Gasteiger partial charge is 0.326 e. The fourth-order valence-electron chi connectivity index (χ4n) is 5.61. The maximum Gasteiger partial charge on any atom is 0.261 e. The normalized spacial score (nSPS) is 21.7. The van der Waals surface area contributed by atoms with E-state index in [2.05, 4.69) is 21.7 Å². The second-order valence-corrected chi connectivity index (χ2v) is 9.86. The SMILES string of the molecule is Cn1c(-c2cc3cccnc3n2CC2CC2)nc2cc(C(=O)N3C=C4CC[C@@H]3[C@@H]4N)c(F)cc21. The van der Waals surface area contributed by atoms with Crippen LogP contribution < -0.4 is 5.73 Å². The van der Waals surface area contributed by atoms with Crippen molar-refractivity contribution in [3.63, 3.8) is 0 Å². The molecule has 3 aromatic heterocycles. The molecule has 1 aromatic carbocycles. The molecule has 3 aliphatic rings. The number of aromatic nitrogens is 4. The highest BCUT2D eigenvalue weighted by molar-refractivity contribution is 5.99. The summed E-state index contributed by atoms with van der Waals surface area (Å²) < 4.78 is 19.4. The lowest BCUT2D eigenvalue weighted by Gasteiger charge is -2.24. The summed E-state index contributed by atoms with van der Waals surface area (Å²) >= 11 is 0. The number of fused-ring (bicyclic) bond motifs is 4. The topological polar surface area (TPSA) is 82.0 Å². The van der Waals surface area contributed by atoms with E-state index in [1.54, 1.807) is 17.2 Å². The van der Waals surface area contributed by atoms with Crippen molar-refractivity contribution in [2.75, 3.05) is 0 Å². The maximum atomic E-state index is 15.2. The van der Waals surface area contributed by atoms with Gasteiger partial charge in [-0.1, -0.05) is 0 Å². The number of rotatable bonds is 4. The molecule has 2 bridgehead atoms. The van der Waals surface area contributed by atoms with Crippen LogP contribution in [0.1, 0.15) is 36.0 Å². The van der Waals surface area contributed by atoms with Crippen molar-refractivity contribution < 1.29 is 9.18 Å². The Morgan fingerprint density at radius 1 is 1.24 bits per heavy atom. The minimum absolute atomic E-state index is 0.0361. The average Bonchev–Trinajstić information content (AvgIpc) is 3.26. The van der Waals surface area contributed by atoms with Crippen molar-refractivity contribution in [1.29, 1.82) is 0 Å². The molecular weight excluding hydrogens is 431 g/mol. The minimum atomic E-state index is -0.540. The van der Waals surface area contributed by atoms with Gasteiger partial charge in [0.25, 0.3) is 5.91 Å². The monoisotopic (exact) mass is 456 g/mol. The fourth-order valence-corrected chi connectivity index (χ4v) is 5.61. The van der Waals surface area contributed by atoms with Crippen LogP contribution in [0, 0.1) is 11.7 Å². The Hall–Kier alpha value is -3.52. The van der Waals surface area contributed by atoms with Crippen molar-refractivity contribution in [3.05, 3.63) is 59.7 Å². The van der Waals surface area contributed by atoms with Crippen LogP contribution in [-0.4, -0.2) is 42.0 Å². The van der Waals surface area contributed by atoms with Gasteiger partial charge in [-0.2, -0.15) is 0 Å². The van der Waals surface area contributed by atoms with Gasteiger partial charge in [-0.25, -0.2) is 14.4 Å². The molecule has 2 fully saturated rings. The lowest BCUT2D eigenvalue weighted by Crippen LogP contribution is -2.41. The van der Waals surface area contributed by atoms with Gasteiger partial charge in [0.05, 0.1) is 28.3 Å². The molecule has 0 spiro atoms. The maximum absolute atomic E-state index is 15.2. The van der Waals surface area contributed by atoms with E-state index < -0.39 is 5.82 Å². The quantitative estimate of drug-likeness (QED) is 0.504. The van der Waals surface area contributed by atoms with Crippen LogP contribution in [0.4, 0.5) is 4.39 Å². The molecule has 2 saturated carbocycles. The number of hydrogen-bond acceptors (Lipinski definition) is 4. The highest BCUT2D eigenvalue weighted by Gasteiger charge is 2.41. The molecule has 4 heterocycles. The molecule has 4 aromatic rings. The lowest BCUT2D eigenvalue weighted by atomic mass is 10.1. The Morgan fingerprint density at radius 3 is 2.82 bits per heavy atom. The van der Waals surface area contributed by atoms with Crippen molar-refractivity contribution in [3.8, 4) is 11.5 Å². The van der Waals surface area contributed by atoms with E-state index in [0.717, 1.165) is 47.5 Å². The number of carbonyl (C=O) groups is 1. The average molecular weight is 457 g/mol. The van der Waals surface area contributed by atoms with Crippen LogP contribution in [0.25, 0.3) is 33.6 Å². The van der Waals surface area contributed by atoms with Crippen LogP contribution >= 0.6 is 0 Å².